The Morgan fingerprint density at radius 2 is 2.00 bits per heavy atom. The molecule has 1 heterocycles. The summed E-state index contributed by atoms with van der Waals surface area (Å²) < 4.78 is 2.74. The molecule has 1 unspecified atom stereocenters. The van der Waals surface area contributed by atoms with E-state index in [4.69, 9.17) is 0 Å². The first-order valence-electron chi connectivity index (χ1n) is 6.99. The molecule has 0 saturated carbocycles. The quantitative estimate of drug-likeness (QED) is 0.708. The molecule has 0 aliphatic heterocycles. The summed E-state index contributed by atoms with van der Waals surface area (Å²) in [4.78, 5) is 0. The summed E-state index contributed by atoms with van der Waals surface area (Å²) in [5, 5.41) is 11.7. The molecule has 0 amide bonds. The molecule has 0 radical (unpaired) electrons. The molecule has 0 saturated heterocycles. The van der Waals surface area contributed by atoms with Crippen molar-refractivity contribution in [2.75, 3.05) is 6.54 Å². The number of unbranched alkanes of at least 4 members (excludes halogenated alkanes) is 3. The number of aryl methyl sites for hydroxylation is 1. The average molecular weight is 317 g/mol. The monoisotopic (exact) mass is 316 g/mol. The van der Waals surface area contributed by atoms with Crippen molar-refractivity contribution in [3.8, 4) is 0 Å². The van der Waals surface area contributed by atoms with E-state index in [9.17, 15) is 0 Å². The number of rotatable bonds is 9. The van der Waals surface area contributed by atoms with Crippen LogP contribution in [0.5, 0.6) is 0 Å². The molecule has 1 rings (SSSR count). The number of nitrogens with one attached hydrogen (secondary N) is 1. The van der Waals surface area contributed by atoms with E-state index < -0.39 is 0 Å². The van der Waals surface area contributed by atoms with Crippen molar-refractivity contribution in [2.24, 2.45) is 7.05 Å². The van der Waals surface area contributed by atoms with Crippen molar-refractivity contribution < 1.29 is 0 Å². The lowest BCUT2D eigenvalue weighted by atomic mass is 10.0. The van der Waals surface area contributed by atoms with E-state index in [1.165, 1.54) is 31.4 Å². The van der Waals surface area contributed by atoms with Crippen LogP contribution in [0.1, 0.15) is 64.1 Å². The minimum absolute atomic E-state index is 0.358. The first-order chi connectivity index (χ1) is 8.70. The second-order valence-electron chi connectivity index (χ2n) is 4.75. The highest BCUT2D eigenvalue weighted by Crippen LogP contribution is 2.25. The molecular formula is C13H25BrN4. The van der Waals surface area contributed by atoms with Gasteiger partial charge in [0.1, 0.15) is 0 Å². The van der Waals surface area contributed by atoms with E-state index in [1.54, 1.807) is 0 Å². The van der Waals surface area contributed by atoms with Crippen LogP contribution in [0.15, 0.2) is 4.60 Å². The SMILES string of the molecule is CCCCCCC(NCCC)c1c(Br)nnn1C. The van der Waals surface area contributed by atoms with Crippen molar-refractivity contribution in [3.05, 3.63) is 10.3 Å². The van der Waals surface area contributed by atoms with Crippen LogP contribution in [0, 0.1) is 0 Å². The van der Waals surface area contributed by atoms with Gasteiger partial charge in [-0.15, -0.1) is 5.10 Å². The summed E-state index contributed by atoms with van der Waals surface area (Å²) in [7, 11) is 1.96. The average Bonchev–Trinajstić information content (AvgIpc) is 2.69. The Kier molecular flexibility index (Phi) is 7.51. The fraction of sp³-hybridized carbons (Fsp3) is 0.846. The molecule has 1 aromatic rings. The fourth-order valence-electron chi connectivity index (χ4n) is 2.14. The summed E-state index contributed by atoms with van der Waals surface area (Å²) in [5.74, 6) is 0. The lowest BCUT2D eigenvalue weighted by Crippen LogP contribution is -2.24. The summed E-state index contributed by atoms with van der Waals surface area (Å²) in [6.45, 7) is 5.47. The molecule has 0 spiro atoms. The molecule has 1 N–H and O–H groups in total. The number of halogens is 1. The van der Waals surface area contributed by atoms with E-state index in [0.717, 1.165) is 24.0 Å². The third-order valence-corrected chi connectivity index (χ3v) is 3.71. The van der Waals surface area contributed by atoms with Gasteiger partial charge in [0.05, 0.1) is 11.7 Å². The highest BCUT2D eigenvalue weighted by molar-refractivity contribution is 9.10. The maximum Gasteiger partial charge on any atom is 0.153 e. The molecule has 0 bridgehead atoms. The molecular weight excluding hydrogens is 292 g/mol. The van der Waals surface area contributed by atoms with Crippen LogP contribution in [0.2, 0.25) is 0 Å². The Morgan fingerprint density at radius 1 is 1.22 bits per heavy atom. The Bertz CT molecular complexity index is 318. The van der Waals surface area contributed by atoms with E-state index in [0.29, 0.717) is 6.04 Å². The second-order valence-corrected chi connectivity index (χ2v) is 5.50. The third kappa shape index (κ3) is 4.69. The standard InChI is InChI=1S/C13H25BrN4/c1-4-6-7-8-9-11(15-10-5-2)12-13(14)16-17-18(12)3/h11,15H,4-10H2,1-3H3. The smallest absolute Gasteiger partial charge is 0.153 e. The van der Waals surface area contributed by atoms with E-state index in [1.807, 2.05) is 11.7 Å². The first-order valence-corrected chi connectivity index (χ1v) is 7.78. The zero-order chi connectivity index (χ0) is 13.4. The van der Waals surface area contributed by atoms with Gasteiger partial charge in [-0.05, 0) is 35.3 Å². The zero-order valence-corrected chi connectivity index (χ0v) is 13.3. The van der Waals surface area contributed by atoms with E-state index >= 15 is 0 Å². The van der Waals surface area contributed by atoms with Gasteiger partial charge in [-0.1, -0.05) is 44.7 Å². The molecule has 5 heteroatoms. The molecule has 0 fully saturated rings. The van der Waals surface area contributed by atoms with Gasteiger partial charge < -0.3 is 5.32 Å². The first kappa shape index (κ1) is 15.6. The Labute approximate surface area is 119 Å². The van der Waals surface area contributed by atoms with Gasteiger partial charge in [-0.3, -0.25) is 0 Å². The zero-order valence-electron chi connectivity index (χ0n) is 11.7. The summed E-state index contributed by atoms with van der Waals surface area (Å²) in [6.07, 6.45) is 7.47. The van der Waals surface area contributed by atoms with Crippen LogP contribution in [0.4, 0.5) is 0 Å². The molecule has 0 aromatic carbocycles. The molecule has 4 nitrogen and oxygen atoms in total. The van der Waals surface area contributed by atoms with Crippen LogP contribution in [0.25, 0.3) is 0 Å². The Hall–Kier alpha value is -0.420. The van der Waals surface area contributed by atoms with Crippen LogP contribution >= 0.6 is 15.9 Å². The normalized spacial score (nSPS) is 12.9. The lowest BCUT2D eigenvalue weighted by molar-refractivity contribution is 0.444. The summed E-state index contributed by atoms with van der Waals surface area (Å²) in [5.41, 5.74) is 1.17. The molecule has 1 aromatic heterocycles. The van der Waals surface area contributed by atoms with Crippen LogP contribution in [-0.2, 0) is 7.05 Å². The number of hydrogen-bond donors (Lipinski definition) is 1. The third-order valence-electron chi connectivity index (χ3n) is 3.14. The van der Waals surface area contributed by atoms with Crippen molar-refractivity contribution >= 4 is 15.9 Å². The maximum atomic E-state index is 4.08. The largest absolute Gasteiger partial charge is 0.309 e. The Balaban J connectivity index is 2.60. The second kappa shape index (κ2) is 8.64. The highest BCUT2D eigenvalue weighted by Gasteiger charge is 2.18. The maximum absolute atomic E-state index is 4.08. The van der Waals surface area contributed by atoms with Gasteiger partial charge in [-0.2, -0.15) is 0 Å². The van der Waals surface area contributed by atoms with Gasteiger partial charge >= 0.3 is 0 Å². The van der Waals surface area contributed by atoms with Crippen LogP contribution in [0.3, 0.4) is 0 Å². The minimum Gasteiger partial charge on any atom is -0.309 e. The van der Waals surface area contributed by atoms with Gasteiger partial charge in [-0.25, -0.2) is 4.68 Å². The van der Waals surface area contributed by atoms with Crippen molar-refractivity contribution in [1.29, 1.82) is 0 Å². The number of hydrogen-bond acceptors (Lipinski definition) is 3. The molecule has 0 aliphatic rings. The van der Waals surface area contributed by atoms with Crippen molar-refractivity contribution in [1.82, 2.24) is 20.3 Å². The minimum atomic E-state index is 0.358. The summed E-state index contributed by atoms with van der Waals surface area (Å²) >= 11 is 3.50. The molecule has 0 aliphatic carbocycles. The van der Waals surface area contributed by atoms with Crippen LogP contribution < -0.4 is 5.32 Å². The molecule has 104 valence electrons. The predicted octanol–water partition coefficient (Wildman–Crippen LogP) is 3.59. The van der Waals surface area contributed by atoms with Crippen LogP contribution in [-0.4, -0.2) is 21.5 Å². The van der Waals surface area contributed by atoms with Gasteiger partial charge in [0.25, 0.3) is 0 Å². The van der Waals surface area contributed by atoms with Gasteiger partial charge in [0.15, 0.2) is 4.60 Å². The number of nitrogens with zero attached hydrogens (tertiary/aromatic N) is 3. The van der Waals surface area contributed by atoms with Gasteiger partial charge in [0.2, 0.25) is 0 Å². The predicted molar refractivity (Wildman–Crippen MR) is 78.5 cm³/mol. The van der Waals surface area contributed by atoms with Gasteiger partial charge in [0, 0.05) is 7.05 Å². The Morgan fingerprint density at radius 3 is 2.56 bits per heavy atom. The summed E-state index contributed by atoms with van der Waals surface area (Å²) in [6, 6.07) is 0.358. The highest BCUT2D eigenvalue weighted by atomic mass is 79.9. The molecule has 18 heavy (non-hydrogen) atoms. The number of aromatic nitrogens is 3. The van der Waals surface area contributed by atoms with E-state index in [-0.39, 0.29) is 0 Å². The van der Waals surface area contributed by atoms with E-state index in [2.05, 4.69) is 45.4 Å². The topological polar surface area (TPSA) is 42.7 Å². The molecule has 1 atom stereocenters. The fourth-order valence-corrected chi connectivity index (χ4v) is 2.74. The van der Waals surface area contributed by atoms with Crippen molar-refractivity contribution in [2.45, 2.75) is 58.4 Å². The lowest BCUT2D eigenvalue weighted by Gasteiger charge is -2.18. The van der Waals surface area contributed by atoms with Crippen molar-refractivity contribution in [3.63, 3.8) is 0 Å².